The van der Waals surface area contributed by atoms with E-state index in [-0.39, 0.29) is 5.75 Å². The highest BCUT2D eigenvalue weighted by Crippen LogP contribution is 2.24. The second-order valence-corrected chi connectivity index (χ2v) is 3.25. The minimum absolute atomic E-state index is 0.229. The van der Waals surface area contributed by atoms with Crippen molar-refractivity contribution in [1.82, 2.24) is 4.98 Å². The highest BCUT2D eigenvalue weighted by molar-refractivity contribution is 5.80. The zero-order valence-electron chi connectivity index (χ0n) is 8.54. The summed E-state index contributed by atoms with van der Waals surface area (Å²) in [5.41, 5.74) is 0.740. The van der Waals surface area contributed by atoms with E-state index in [0.717, 1.165) is 0 Å². The average molecular weight is 245 g/mol. The summed E-state index contributed by atoms with van der Waals surface area (Å²) in [5, 5.41) is 0. The molecular weight excluding hydrogens is 239 g/mol. The Hall–Kier alpha value is -2.05. The highest BCUT2D eigenvalue weighted by Gasteiger charge is 2.41. The molecule has 0 unspecified atom stereocenters. The lowest BCUT2D eigenvalue weighted by atomic mass is 10.3. The van der Waals surface area contributed by atoms with Crippen LogP contribution in [0.15, 0.2) is 22.6 Å². The third kappa shape index (κ3) is 2.38. The summed E-state index contributed by atoms with van der Waals surface area (Å²) in [6.45, 7) is 1.60. The van der Waals surface area contributed by atoms with Crippen molar-refractivity contribution in [2.45, 2.75) is 13.1 Å². The van der Waals surface area contributed by atoms with Crippen LogP contribution < -0.4 is 4.74 Å². The number of halogens is 3. The molecule has 7 heteroatoms. The van der Waals surface area contributed by atoms with Gasteiger partial charge in [0, 0.05) is 13.0 Å². The fourth-order valence-electron chi connectivity index (χ4n) is 1.25. The number of benzene rings is 1. The average Bonchev–Trinajstić information content (AvgIpc) is 2.55. The van der Waals surface area contributed by atoms with Crippen LogP contribution in [0.4, 0.5) is 13.2 Å². The number of hydrogen-bond donors (Lipinski definition) is 0. The van der Waals surface area contributed by atoms with E-state index in [9.17, 15) is 18.0 Å². The summed E-state index contributed by atoms with van der Waals surface area (Å²) in [7, 11) is 0. The van der Waals surface area contributed by atoms with Crippen molar-refractivity contribution >= 4 is 17.1 Å². The predicted octanol–water partition coefficient (Wildman–Crippen LogP) is 2.60. The smallest absolute Gasteiger partial charge is 0.441 e. The number of esters is 1. The topological polar surface area (TPSA) is 52.3 Å². The molecule has 0 N–H and O–H groups in total. The van der Waals surface area contributed by atoms with Gasteiger partial charge in [0.2, 0.25) is 0 Å². The fraction of sp³-hybridized carbons (Fsp3) is 0.200. The van der Waals surface area contributed by atoms with E-state index in [4.69, 9.17) is 4.42 Å². The van der Waals surface area contributed by atoms with Crippen molar-refractivity contribution in [3.05, 3.63) is 24.1 Å². The lowest BCUT2D eigenvalue weighted by Crippen LogP contribution is -2.27. The molecule has 0 aliphatic rings. The SMILES string of the molecule is Cc1nc2cc(OC(=O)C(F)(F)F)ccc2o1. The van der Waals surface area contributed by atoms with E-state index in [1.165, 1.54) is 18.2 Å². The van der Waals surface area contributed by atoms with Crippen LogP contribution in [0.3, 0.4) is 0 Å². The second kappa shape index (κ2) is 3.76. The molecule has 0 aliphatic carbocycles. The minimum atomic E-state index is -5.02. The maximum atomic E-state index is 11.9. The van der Waals surface area contributed by atoms with E-state index in [2.05, 4.69) is 9.72 Å². The van der Waals surface area contributed by atoms with Gasteiger partial charge in [-0.2, -0.15) is 13.2 Å². The van der Waals surface area contributed by atoms with Crippen molar-refractivity contribution in [2.75, 3.05) is 0 Å². The van der Waals surface area contributed by atoms with Gasteiger partial charge in [-0.25, -0.2) is 9.78 Å². The number of oxazole rings is 1. The van der Waals surface area contributed by atoms with Crippen LogP contribution >= 0.6 is 0 Å². The van der Waals surface area contributed by atoms with Gasteiger partial charge in [0.05, 0.1) is 0 Å². The van der Waals surface area contributed by atoms with Crippen molar-refractivity contribution in [3.63, 3.8) is 0 Å². The number of nitrogens with zero attached hydrogens (tertiary/aromatic N) is 1. The monoisotopic (exact) mass is 245 g/mol. The lowest BCUT2D eigenvalue weighted by Gasteiger charge is -2.05. The first-order chi connectivity index (χ1) is 7.86. The summed E-state index contributed by atoms with van der Waals surface area (Å²) in [6, 6.07) is 3.79. The van der Waals surface area contributed by atoms with Crippen molar-refractivity contribution < 1.29 is 27.1 Å². The van der Waals surface area contributed by atoms with E-state index in [0.29, 0.717) is 17.0 Å². The van der Waals surface area contributed by atoms with Crippen molar-refractivity contribution in [3.8, 4) is 5.75 Å². The molecule has 2 rings (SSSR count). The number of fused-ring (bicyclic) bond motifs is 1. The number of carbonyl (C=O) groups is 1. The number of aromatic nitrogens is 1. The molecule has 4 nitrogen and oxygen atoms in total. The molecule has 1 heterocycles. The van der Waals surface area contributed by atoms with Crippen LogP contribution in [0, 0.1) is 6.92 Å². The fourth-order valence-corrected chi connectivity index (χ4v) is 1.25. The quantitative estimate of drug-likeness (QED) is 0.572. The van der Waals surface area contributed by atoms with Gasteiger partial charge in [0.1, 0.15) is 11.3 Å². The van der Waals surface area contributed by atoms with Gasteiger partial charge in [0.25, 0.3) is 0 Å². The Kier molecular flexibility index (Phi) is 2.53. The van der Waals surface area contributed by atoms with Gasteiger partial charge < -0.3 is 9.15 Å². The molecule has 0 amide bonds. The van der Waals surface area contributed by atoms with Crippen LogP contribution in [-0.4, -0.2) is 17.1 Å². The number of aryl methyl sites for hydroxylation is 1. The van der Waals surface area contributed by atoms with E-state index in [1.54, 1.807) is 6.92 Å². The predicted molar refractivity (Wildman–Crippen MR) is 50.4 cm³/mol. The molecule has 0 fully saturated rings. The number of carbonyl (C=O) groups excluding carboxylic acids is 1. The Bertz CT molecular complexity index is 574. The minimum Gasteiger partial charge on any atom is -0.441 e. The third-order valence-electron chi connectivity index (χ3n) is 1.91. The largest absolute Gasteiger partial charge is 0.491 e. The van der Waals surface area contributed by atoms with E-state index in [1.807, 2.05) is 0 Å². The molecular formula is C10H6F3NO3. The molecule has 17 heavy (non-hydrogen) atoms. The normalized spacial score (nSPS) is 11.8. The summed E-state index contributed by atoms with van der Waals surface area (Å²) < 4.78 is 45.1. The van der Waals surface area contributed by atoms with Gasteiger partial charge in [0.15, 0.2) is 11.5 Å². The molecule has 0 atom stereocenters. The Balaban J connectivity index is 2.28. The van der Waals surface area contributed by atoms with E-state index >= 15 is 0 Å². The van der Waals surface area contributed by atoms with Gasteiger partial charge in [-0.05, 0) is 12.1 Å². The number of ether oxygens (including phenoxy) is 1. The molecule has 1 aromatic heterocycles. The van der Waals surface area contributed by atoms with Crippen LogP contribution in [0.1, 0.15) is 5.89 Å². The first-order valence-corrected chi connectivity index (χ1v) is 4.52. The molecule has 0 aliphatic heterocycles. The third-order valence-corrected chi connectivity index (χ3v) is 1.91. The first-order valence-electron chi connectivity index (χ1n) is 4.52. The van der Waals surface area contributed by atoms with Gasteiger partial charge in [-0.15, -0.1) is 0 Å². The molecule has 0 bridgehead atoms. The highest BCUT2D eigenvalue weighted by atomic mass is 19.4. The molecule has 0 spiro atoms. The van der Waals surface area contributed by atoms with Gasteiger partial charge >= 0.3 is 12.1 Å². The van der Waals surface area contributed by atoms with Crippen LogP contribution in [0.5, 0.6) is 5.75 Å². The summed E-state index contributed by atoms with van der Waals surface area (Å²) in [5.74, 6) is -2.12. The maximum Gasteiger partial charge on any atom is 0.491 e. The van der Waals surface area contributed by atoms with E-state index < -0.39 is 12.1 Å². The molecule has 1 aromatic carbocycles. The van der Waals surface area contributed by atoms with Crippen LogP contribution in [-0.2, 0) is 4.79 Å². The van der Waals surface area contributed by atoms with Crippen LogP contribution in [0.2, 0.25) is 0 Å². The number of hydrogen-bond acceptors (Lipinski definition) is 4. The van der Waals surface area contributed by atoms with Crippen LogP contribution in [0.25, 0.3) is 11.1 Å². The molecule has 90 valence electrons. The summed E-state index contributed by atoms with van der Waals surface area (Å²) in [6.07, 6.45) is -5.02. The van der Waals surface area contributed by atoms with Crippen molar-refractivity contribution in [2.24, 2.45) is 0 Å². The Morgan fingerprint density at radius 3 is 2.76 bits per heavy atom. The molecule has 0 radical (unpaired) electrons. The Morgan fingerprint density at radius 1 is 1.41 bits per heavy atom. The molecule has 2 aromatic rings. The molecule has 0 saturated carbocycles. The van der Waals surface area contributed by atoms with Gasteiger partial charge in [-0.1, -0.05) is 0 Å². The lowest BCUT2D eigenvalue weighted by molar-refractivity contribution is -0.189. The Labute approximate surface area is 93.0 Å². The zero-order valence-corrected chi connectivity index (χ0v) is 8.54. The standard InChI is InChI=1S/C10H6F3NO3/c1-5-14-7-4-6(2-3-8(7)16-5)17-9(15)10(11,12)13/h2-4H,1H3. The summed E-state index contributed by atoms with van der Waals surface area (Å²) >= 11 is 0. The van der Waals surface area contributed by atoms with Crippen molar-refractivity contribution in [1.29, 1.82) is 0 Å². The van der Waals surface area contributed by atoms with Gasteiger partial charge in [-0.3, -0.25) is 0 Å². The summed E-state index contributed by atoms with van der Waals surface area (Å²) in [4.78, 5) is 14.5. The zero-order chi connectivity index (χ0) is 12.6. The number of alkyl halides is 3. The second-order valence-electron chi connectivity index (χ2n) is 3.25. The number of rotatable bonds is 1. The Morgan fingerprint density at radius 2 is 2.12 bits per heavy atom. The first kappa shape index (κ1) is 11.4. The maximum absolute atomic E-state index is 11.9. The molecule has 0 saturated heterocycles.